The van der Waals surface area contributed by atoms with Gasteiger partial charge in [0.25, 0.3) is 0 Å². The number of anilines is 1. The van der Waals surface area contributed by atoms with Crippen molar-refractivity contribution in [2.45, 2.75) is 20.3 Å². The van der Waals surface area contributed by atoms with Gasteiger partial charge in [0.15, 0.2) is 11.5 Å². The molecular weight excluding hydrogens is 490 g/mol. The summed E-state index contributed by atoms with van der Waals surface area (Å²) in [4.78, 5) is 36.8. The molecule has 0 heterocycles. The number of esters is 1. The number of nitrogens with zero attached hydrogens (tertiary/aromatic N) is 1. The molecule has 3 aromatic rings. The molecule has 10 nitrogen and oxygen atoms in total. The Labute approximate surface area is 220 Å². The minimum atomic E-state index is -0.946. The molecule has 10 heteroatoms. The van der Waals surface area contributed by atoms with Crippen molar-refractivity contribution in [2.75, 3.05) is 25.6 Å². The van der Waals surface area contributed by atoms with Crippen molar-refractivity contribution in [1.82, 2.24) is 5.43 Å². The molecule has 0 saturated carbocycles. The zero-order valence-corrected chi connectivity index (χ0v) is 21.4. The van der Waals surface area contributed by atoms with Crippen LogP contribution in [0.1, 0.15) is 36.2 Å². The second kappa shape index (κ2) is 14.0. The number of hydrogen-bond donors (Lipinski definition) is 2. The summed E-state index contributed by atoms with van der Waals surface area (Å²) >= 11 is 0. The van der Waals surface area contributed by atoms with Crippen LogP contribution in [-0.4, -0.2) is 44.3 Å². The lowest BCUT2D eigenvalue weighted by atomic mass is 10.2. The van der Waals surface area contributed by atoms with Gasteiger partial charge in [-0.1, -0.05) is 6.92 Å². The van der Waals surface area contributed by atoms with Crippen molar-refractivity contribution in [3.8, 4) is 23.0 Å². The molecule has 0 aliphatic carbocycles. The minimum absolute atomic E-state index is 0.225. The molecular formula is C28H29N3O7. The molecule has 0 bridgehead atoms. The van der Waals surface area contributed by atoms with Crippen molar-refractivity contribution in [3.63, 3.8) is 0 Å². The molecule has 2 amide bonds. The fourth-order valence-electron chi connectivity index (χ4n) is 3.10. The molecule has 0 fully saturated rings. The lowest BCUT2D eigenvalue weighted by Crippen LogP contribution is -2.32. The van der Waals surface area contributed by atoms with Crippen molar-refractivity contribution in [1.29, 1.82) is 0 Å². The highest BCUT2D eigenvalue weighted by Gasteiger charge is 2.15. The van der Waals surface area contributed by atoms with E-state index in [1.54, 1.807) is 73.7 Å². The van der Waals surface area contributed by atoms with E-state index in [2.05, 4.69) is 15.8 Å². The van der Waals surface area contributed by atoms with Gasteiger partial charge in [0.2, 0.25) is 0 Å². The molecule has 0 spiro atoms. The zero-order chi connectivity index (χ0) is 27.3. The number of hydrogen-bond acceptors (Lipinski definition) is 8. The molecule has 0 aromatic heterocycles. The van der Waals surface area contributed by atoms with E-state index >= 15 is 0 Å². The molecule has 0 radical (unpaired) electrons. The van der Waals surface area contributed by atoms with Gasteiger partial charge < -0.3 is 24.3 Å². The number of nitrogens with one attached hydrogen (secondary N) is 2. The van der Waals surface area contributed by atoms with Gasteiger partial charge in [0.1, 0.15) is 11.5 Å². The summed E-state index contributed by atoms with van der Waals surface area (Å²) in [6, 6.07) is 18.0. The maximum Gasteiger partial charge on any atom is 0.343 e. The van der Waals surface area contributed by atoms with Crippen LogP contribution in [0.3, 0.4) is 0 Å². The number of benzene rings is 3. The van der Waals surface area contributed by atoms with Gasteiger partial charge in [-0.3, -0.25) is 9.59 Å². The van der Waals surface area contributed by atoms with Crippen LogP contribution in [0.5, 0.6) is 23.0 Å². The SMILES string of the molecule is CCCOc1ccc(C(=O)Oc2ccc(/C=N\NC(=O)C(=O)Nc3ccc(OC)cc3)cc2OCC)cc1. The maximum absolute atomic E-state index is 12.6. The van der Waals surface area contributed by atoms with Crippen molar-refractivity contribution in [3.05, 3.63) is 77.9 Å². The lowest BCUT2D eigenvalue weighted by molar-refractivity contribution is -0.136. The smallest absolute Gasteiger partial charge is 0.343 e. The van der Waals surface area contributed by atoms with Gasteiger partial charge in [-0.2, -0.15) is 5.10 Å². The van der Waals surface area contributed by atoms with Crippen LogP contribution in [0.15, 0.2) is 71.8 Å². The van der Waals surface area contributed by atoms with E-state index < -0.39 is 17.8 Å². The number of rotatable bonds is 11. The van der Waals surface area contributed by atoms with Crippen LogP contribution < -0.4 is 29.7 Å². The molecule has 3 rings (SSSR count). The Bertz CT molecular complexity index is 1270. The molecule has 0 unspecified atom stereocenters. The Balaban J connectivity index is 1.59. The molecule has 3 aromatic carbocycles. The van der Waals surface area contributed by atoms with Crippen LogP contribution in [0.25, 0.3) is 0 Å². The summed E-state index contributed by atoms with van der Waals surface area (Å²) in [5, 5.41) is 6.28. The Hall–Kier alpha value is -4.86. The average Bonchev–Trinajstić information content (AvgIpc) is 2.94. The van der Waals surface area contributed by atoms with Gasteiger partial charge in [-0.25, -0.2) is 10.2 Å². The highest BCUT2D eigenvalue weighted by atomic mass is 16.6. The predicted octanol–water partition coefficient (Wildman–Crippen LogP) is 4.19. The molecule has 0 aliphatic rings. The van der Waals surface area contributed by atoms with Crippen LogP contribution in [0.2, 0.25) is 0 Å². The van der Waals surface area contributed by atoms with Crippen molar-refractivity contribution >= 4 is 29.7 Å². The third-order valence-corrected chi connectivity index (χ3v) is 4.97. The molecule has 2 N–H and O–H groups in total. The number of amides is 2. The quantitative estimate of drug-likeness (QED) is 0.128. The van der Waals surface area contributed by atoms with E-state index in [0.29, 0.717) is 47.3 Å². The fraction of sp³-hybridized carbons (Fsp3) is 0.214. The highest BCUT2D eigenvalue weighted by Crippen LogP contribution is 2.29. The molecule has 0 atom stereocenters. The minimum Gasteiger partial charge on any atom is -0.497 e. The summed E-state index contributed by atoms with van der Waals surface area (Å²) in [5.74, 6) is -0.541. The first kappa shape index (κ1) is 27.7. The normalized spacial score (nSPS) is 10.5. The molecule has 38 heavy (non-hydrogen) atoms. The standard InChI is InChI=1S/C28H29N3O7/c1-4-16-37-23-11-7-20(8-12-23)28(34)38-24-15-6-19(17-25(24)36-5-2)18-29-31-27(33)26(32)30-21-9-13-22(35-3)14-10-21/h6-15,17-18H,4-5,16H2,1-3H3,(H,30,32)(H,31,33)/b29-18-. The summed E-state index contributed by atoms with van der Waals surface area (Å²) in [6.45, 7) is 4.73. The van der Waals surface area contributed by atoms with Crippen molar-refractivity contribution in [2.24, 2.45) is 5.10 Å². The molecule has 0 aliphatic heterocycles. The fourth-order valence-corrected chi connectivity index (χ4v) is 3.10. The zero-order valence-electron chi connectivity index (χ0n) is 21.4. The predicted molar refractivity (Wildman–Crippen MR) is 142 cm³/mol. The molecule has 198 valence electrons. The Morgan fingerprint density at radius 1 is 0.842 bits per heavy atom. The largest absolute Gasteiger partial charge is 0.497 e. The van der Waals surface area contributed by atoms with Crippen LogP contribution in [0, 0.1) is 0 Å². The van der Waals surface area contributed by atoms with E-state index in [-0.39, 0.29) is 5.75 Å². The van der Waals surface area contributed by atoms with E-state index in [4.69, 9.17) is 18.9 Å². The van der Waals surface area contributed by atoms with Crippen molar-refractivity contribution < 1.29 is 33.3 Å². The topological polar surface area (TPSA) is 125 Å². The van der Waals surface area contributed by atoms with Gasteiger partial charge in [0.05, 0.1) is 32.1 Å². The average molecular weight is 520 g/mol. The second-order valence-electron chi connectivity index (χ2n) is 7.78. The third-order valence-electron chi connectivity index (χ3n) is 4.97. The third kappa shape index (κ3) is 8.09. The Morgan fingerprint density at radius 3 is 2.21 bits per heavy atom. The van der Waals surface area contributed by atoms with Gasteiger partial charge >= 0.3 is 17.8 Å². The molecule has 0 saturated heterocycles. The highest BCUT2D eigenvalue weighted by molar-refractivity contribution is 6.39. The number of ether oxygens (including phenoxy) is 4. The van der Waals surface area contributed by atoms with E-state index in [1.165, 1.54) is 13.3 Å². The van der Waals surface area contributed by atoms with E-state index in [9.17, 15) is 14.4 Å². The number of methoxy groups -OCH3 is 1. The number of hydrazone groups is 1. The second-order valence-corrected chi connectivity index (χ2v) is 7.78. The summed E-state index contributed by atoms with van der Waals surface area (Å²) in [7, 11) is 1.53. The first-order valence-corrected chi connectivity index (χ1v) is 11.9. The number of carbonyl (C=O) groups excluding carboxylic acids is 3. The van der Waals surface area contributed by atoms with Gasteiger partial charge in [-0.05, 0) is 85.6 Å². The number of carbonyl (C=O) groups is 3. The van der Waals surface area contributed by atoms with Crippen LogP contribution in [0.4, 0.5) is 5.69 Å². The monoisotopic (exact) mass is 519 g/mol. The lowest BCUT2D eigenvalue weighted by Gasteiger charge is -2.12. The van der Waals surface area contributed by atoms with Crippen LogP contribution in [-0.2, 0) is 9.59 Å². The summed E-state index contributed by atoms with van der Waals surface area (Å²) < 4.78 is 21.7. The first-order chi connectivity index (χ1) is 18.4. The Kier molecular flexibility index (Phi) is 10.2. The van der Waals surface area contributed by atoms with Gasteiger partial charge in [0, 0.05) is 5.69 Å². The summed E-state index contributed by atoms with van der Waals surface area (Å²) in [6.07, 6.45) is 2.22. The maximum atomic E-state index is 12.6. The summed E-state index contributed by atoms with van der Waals surface area (Å²) in [5.41, 5.74) is 3.50. The van der Waals surface area contributed by atoms with Crippen LogP contribution >= 0.6 is 0 Å². The van der Waals surface area contributed by atoms with E-state index in [0.717, 1.165) is 6.42 Å². The first-order valence-electron chi connectivity index (χ1n) is 11.9. The Morgan fingerprint density at radius 2 is 1.55 bits per heavy atom. The van der Waals surface area contributed by atoms with E-state index in [1.807, 2.05) is 6.92 Å². The van der Waals surface area contributed by atoms with Gasteiger partial charge in [-0.15, -0.1) is 0 Å².